The molecule has 6 nitrogen and oxygen atoms in total. The molecule has 0 radical (unpaired) electrons. The minimum atomic E-state index is -0.154. The largest absolute Gasteiger partial charge is 0.497 e. The fourth-order valence-electron chi connectivity index (χ4n) is 4.74. The molecule has 0 heterocycles. The molecular formula is C30H34N2O4. The number of amides is 2. The number of fused-ring (bicyclic) bond motifs is 1. The highest BCUT2D eigenvalue weighted by atomic mass is 16.5. The first-order valence-electron chi connectivity index (χ1n) is 12.5. The zero-order chi connectivity index (χ0) is 25.3. The first-order chi connectivity index (χ1) is 17.6. The third-order valence-electron chi connectivity index (χ3n) is 6.71. The summed E-state index contributed by atoms with van der Waals surface area (Å²) < 4.78 is 10.7. The van der Waals surface area contributed by atoms with E-state index in [-0.39, 0.29) is 24.3 Å². The monoisotopic (exact) mass is 486 g/mol. The van der Waals surface area contributed by atoms with Crippen LogP contribution in [0.15, 0.2) is 72.8 Å². The third-order valence-corrected chi connectivity index (χ3v) is 6.71. The molecule has 0 saturated heterocycles. The lowest BCUT2D eigenvalue weighted by molar-refractivity contribution is -0.122. The Morgan fingerprint density at radius 3 is 2.33 bits per heavy atom. The Morgan fingerprint density at radius 1 is 0.917 bits per heavy atom. The van der Waals surface area contributed by atoms with Gasteiger partial charge in [-0.05, 0) is 54.5 Å². The van der Waals surface area contributed by atoms with E-state index in [4.69, 9.17) is 9.47 Å². The lowest BCUT2D eigenvalue weighted by Gasteiger charge is -2.27. The van der Waals surface area contributed by atoms with E-state index >= 15 is 0 Å². The predicted molar refractivity (Wildman–Crippen MR) is 140 cm³/mol. The molecule has 3 aromatic carbocycles. The Hall–Kier alpha value is -3.80. The molecule has 4 rings (SSSR count). The van der Waals surface area contributed by atoms with Crippen molar-refractivity contribution in [2.45, 2.75) is 38.1 Å². The van der Waals surface area contributed by atoms with E-state index in [0.717, 1.165) is 24.8 Å². The number of aryl methyl sites for hydroxylation is 1. The maximum absolute atomic E-state index is 13.6. The summed E-state index contributed by atoms with van der Waals surface area (Å²) in [6.45, 7) is 0.827. The van der Waals surface area contributed by atoms with Crippen LogP contribution in [0.1, 0.15) is 52.4 Å². The maximum Gasteiger partial charge on any atom is 0.254 e. The Labute approximate surface area is 213 Å². The van der Waals surface area contributed by atoms with Crippen molar-refractivity contribution in [2.75, 3.05) is 27.3 Å². The van der Waals surface area contributed by atoms with Crippen molar-refractivity contribution in [3.8, 4) is 11.5 Å². The standard InChI is InChI=1S/C30H34N2O4/c1-35-25-19-24(20-26(21-25)36-2)30(34)32(17-15-22-9-4-3-5-10-22)18-16-29(33)31-28-14-8-12-23-11-6-7-13-27(23)28/h3-7,9-11,13,19-21,28H,8,12,14-18H2,1-2H3,(H,31,33). The van der Waals surface area contributed by atoms with Crippen molar-refractivity contribution in [1.29, 1.82) is 0 Å². The number of carbonyl (C=O) groups excluding carboxylic acids is 2. The van der Waals surface area contributed by atoms with Gasteiger partial charge < -0.3 is 19.7 Å². The number of carbonyl (C=O) groups is 2. The van der Waals surface area contributed by atoms with Crippen molar-refractivity contribution in [3.05, 3.63) is 95.1 Å². The summed E-state index contributed by atoms with van der Waals surface area (Å²) in [6, 6.07) is 23.5. The molecule has 0 aromatic heterocycles. The van der Waals surface area contributed by atoms with E-state index in [0.29, 0.717) is 36.6 Å². The van der Waals surface area contributed by atoms with Gasteiger partial charge in [0.2, 0.25) is 5.91 Å². The fourth-order valence-corrected chi connectivity index (χ4v) is 4.74. The Kier molecular flexibility index (Phi) is 8.61. The number of benzene rings is 3. The molecule has 6 heteroatoms. The van der Waals surface area contributed by atoms with E-state index in [9.17, 15) is 9.59 Å². The van der Waals surface area contributed by atoms with Crippen molar-refractivity contribution >= 4 is 11.8 Å². The summed E-state index contributed by atoms with van der Waals surface area (Å²) in [5.74, 6) is 0.903. The van der Waals surface area contributed by atoms with Gasteiger partial charge in [-0.25, -0.2) is 0 Å². The summed E-state index contributed by atoms with van der Waals surface area (Å²) in [5, 5.41) is 3.20. The van der Waals surface area contributed by atoms with Crippen LogP contribution < -0.4 is 14.8 Å². The number of hydrogen-bond donors (Lipinski definition) is 1. The van der Waals surface area contributed by atoms with Crippen molar-refractivity contribution < 1.29 is 19.1 Å². The second-order valence-electron chi connectivity index (χ2n) is 9.09. The Balaban J connectivity index is 1.46. The van der Waals surface area contributed by atoms with Crippen LogP contribution >= 0.6 is 0 Å². The van der Waals surface area contributed by atoms with Gasteiger partial charge in [-0.2, -0.15) is 0 Å². The Bertz CT molecular complexity index is 1160. The van der Waals surface area contributed by atoms with Crippen molar-refractivity contribution in [3.63, 3.8) is 0 Å². The highest BCUT2D eigenvalue weighted by Crippen LogP contribution is 2.29. The SMILES string of the molecule is COc1cc(OC)cc(C(=O)N(CCC(=O)NC2CCCc3ccccc32)CCc2ccccc2)c1. The minimum absolute atomic E-state index is 0.0264. The number of methoxy groups -OCH3 is 2. The zero-order valence-corrected chi connectivity index (χ0v) is 21.0. The Morgan fingerprint density at radius 2 is 1.61 bits per heavy atom. The zero-order valence-electron chi connectivity index (χ0n) is 21.0. The number of ether oxygens (including phenoxy) is 2. The van der Waals surface area contributed by atoms with Gasteiger partial charge in [0.25, 0.3) is 5.91 Å². The van der Waals surface area contributed by atoms with Crippen molar-refractivity contribution in [1.82, 2.24) is 10.2 Å². The highest BCUT2D eigenvalue weighted by molar-refractivity contribution is 5.95. The molecule has 188 valence electrons. The van der Waals surface area contributed by atoms with Gasteiger partial charge in [0.05, 0.1) is 20.3 Å². The van der Waals surface area contributed by atoms with E-state index in [1.807, 2.05) is 42.5 Å². The van der Waals surface area contributed by atoms with Gasteiger partial charge in [-0.1, -0.05) is 54.6 Å². The first kappa shape index (κ1) is 25.3. The average molecular weight is 487 g/mol. The third kappa shape index (κ3) is 6.45. The van der Waals surface area contributed by atoms with Crippen LogP contribution in [0.5, 0.6) is 11.5 Å². The summed E-state index contributed by atoms with van der Waals surface area (Å²) in [6.07, 6.45) is 3.98. The lowest BCUT2D eigenvalue weighted by Crippen LogP contribution is -2.38. The van der Waals surface area contributed by atoms with Gasteiger partial charge >= 0.3 is 0 Å². The molecule has 1 atom stereocenters. The van der Waals surface area contributed by atoms with E-state index in [1.165, 1.54) is 11.1 Å². The molecule has 1 aliphatic rings. The quantitative estimate of drug-likeness (QED) is 0.439. The number of nitrogens with one attached hydrogen (secondary N) is 1. The maximum atomic E-state index is 13.6. The number of hydrogen-bond acceptors (Lipinski definition) is 4. The average Bonchev–Trinajstić information content (AvgIpc) is 2.93. The minimum Gasteiger partial charge on any atom is -0.497 e. The molecule has 0 saturated carbocycles. The number of rotatable bonds is 10. The summed E-state index contributed by atoms with van der Waals surface area (Å²) in [5.41, 5.74) is 4.13. The van der Waals surface area contributed by atoms with Crippen LogP contribution in [0.3, 0.4) is 0 Å². The van der Waals surface area contributed by atoms with Crippen LogP contribution in [0, 0.1) is 0 Å². The molecule has 3 aromatic rings. The second kappa shape index (κ2) is 12.2. The van der Waals surface area contributed by atoms with Gasteiger partial charge in [0, 0.05) is 31.1 Å². The second-order valence-corrected chi connectivity index (χ2v) is 9.09. The molecule has 2 amide bonds. The summed E-state index contributed by atoms with van der Waals surface area (Å²) in [4.78, 5) is 28.3. The lowest BCUT2D eigenvalue weighted by atomic mass is 9.87. The summed E-state index contributed by atoms with van der Waals surface area (Å²) >= 11 is 0. The molecule has 0 aliphatic heterocycles. The van der Waals surface area contributed by atoms with Gasteiger partial charge in [0.15, 0.2) is 0 Å². The first-order valence-corrected chi connectivity index (χ1v) is 12.5. The predicted octanol–water partition coefficient (Wildman–Crippen LogP) is 4.97. The van der Waals surface area contributed by atoms with Crippen LogP contribution in [0.4, 0.5) is 0 Å². The van der Waals surface area contributed by atoms with Gasteiger partial charge in [-0.3, -0.25) is 9.59 Å². The normalized spacial score (nSPS) is 14.4. The van der Waals surface area contributed by atoms with E-state index < -0.39 is 0 Å². The molecule has 1 unspecified atom stereocenters. The number of nitrogens with zero attached hydrogens (tertiary/aromatic N) is 1. The summed E-state index contributed by atoms with van der Waals surface area (Å²) in [7, 11) is 3.12. The molecule has 0 spiro atoms. The molecular weight excluding hydrogens is 452 g/mol. The van der Waals surface area contributed by atoms with Crippen molar-refractivity contribution in [2.24, 2.45) is 0 Å². The smallest absolute Gasteiger partial charge is 0.254 e. The highest BCUT2D eigenvalue weighted by Gasteiger charge is 2.23. The van der Waals surface area contributed by atoms with Crippen LogP contribution in [-0.4, -0.2) is 44.0 Å². The van der Waals surface area contributed by atoms with Gasteiger partial charge in [0.1, 0.15) is 11.5 Å². The topological polar surface area (TPSA) is 67.9 Å². The molecule has 1 N–H and O–H groups in total. The molecule has 36 heavy (non-hydrogen) atoms. The molecule has 0 bridgehead atoms. The molecule has 1 aliphatic carbocycles. The van der Waals surface area contributed by atoms with E-state index in [2.05, 4.69) is 17.4 Å². The van der Waals surface area contributed by atoms with Gasteiger partial charge in [-0.15, -0.1) is 0 Å². The van der Waals surface area contributed by atoms with Crippen LogP contribution in [0.2, 0.25) is 0 Å². The van der Waals surface area contributed by atoms with E-state index in [1.54, 1.807) is 37.3 Å². The molecule has 0 fully saturated rings. The van der Waals surface area contributed by atoms with Crippen LogP contribution in [-0.2, 0) is 17.6 Å². The fraction of sp³-hybridized carbons (Fsp3) is 0.333. The van der Waals surface area contributed by atoms with Crippen LogP contribution in [0.25, 0.3) is 0 Å².